The van der Waals surface area contributed by atoms with Gasteiger partial charge in [-0.05, 0) is 24.1 Å². The van der Waals surface area contributed by atoms with E-state index in [0.717, 1.165) is 22.5 Å². The Hall–Kier alpha value is -3.06. The number of ether oxygens (including phenoxy) is 1. The summed E-state index contributed by atoms with van der Waals surface area (Å²) < 4.78 is 7.65. The van der Waals surface area contributed by atoms with E-state index in [9.17, 15) is 4.79 Å². The summed E-state index contributed by atoms with van der Waals surface area (Å²) in [7, 11) is 0. The molecule has 28 heavy (non-hydrogen) atoms. The third kappa shape index (κ3) is 4.26. The van der Waals surface area contributed by atoms with Crippen LogP contribution in [0.1, 0.15) is 28.1 Å². The van der Waals surface area contributed by atoms with E-state index in [0.29, 0.717) is 39.3 Å². The lowest BCUT2D eigenvalue weighted by Crippen LogP contribution is -2.39. The van der Waals surface area contributed by atoms with E-state index in [1.54, 1.807) is 12.4 Å². The fourth-order valence-electron chi connectivity index (χ4n) is 3.26. The van der Waals surface area contributed by atoms with Crippen molar-refractivity contribution in [2.45, 2.75) is 39.6 Å². The Morgan fingerprint density at radius 1 is 1.11 bits per heavy atom. The maximum atomic E-state index is 12.7. The summed E-state index contributed by atoms with van der Waals surface area (Å²) in [6, 6.07) is 12.0. The molecule has 7 heteroatoms. The highest BCUT2D eigenvalue weighted by atomic mass is 16.5. The Balaban J connectivity index is 1.36. The van der Waals surface area contributed by atoms with Crippen LogP contribution in [0.3, 0.4) is 0 Å². The van der Waals surface area contributed by atoms with Gasteiger partial charge in [0.05, 0.1) is 38.4 Å². The molecule has 0 atom stereocenters. The molecule has 1 aliphatic rings. The molecule has 1 aliphatic heterocycles. The summed E-state index contributed by atoms with van der Waals surface area (Å²) in [4.78, 5) is 18.7. The molecule has 0 saturated carbocycles. The minimum atomic E-state index is 0.124. The van der Waals surface area contributed by atoms with Crippen molar-refractivity contribution < 1.29 is 9.53 Å². The lowest BCUT2D eigenvalue weighted by molar-refractivity contribution is -0.132. The third-order valence-electron chi connectivity index (χ3n) is 4.90. The molecular weight excluding hydrogens is 354 g/mol. The predicted octanol–water partition coefficient (Wildman–Crippen LogP) is 2.28. The van der Waals surface area contributed by atoms with Crippen LogP contribution in [0.25, 0.3) is 0 Å². The highest BCUT2D eigenvalue weighted by Crippen LogP contribution is 2.17. The van der Waals surface area contributed by atoms with Gasteiger partial charge >= 0.3 is 0 Å². The van der Waals surface area contributed by atoms with Crippen LogP contribution in [0, 0.1) is 6.92 Å². The topological polar surface area (TPSA) is 73.1 Å². The van der Waals surface area contributed by atoms with E-state index in [2.05, 4.69) is 15.3 Å². The first kappa shape index (κ1) is 18.3. The second kappa shape index (κ2) is 8.31. The van der Waals surface area contributed by atoms with E-state index in [1.165, 1.54) is 5.56 Å². The Morgan fingerprint density at radius 2 is 1.96 bits per heavy atom. The maximum absolute atomic E-state index is 12.7. The fourth-order valence-corrected chi connectivity index (χ4v) is 3.26. The summed E-state index contributed by atoms with van der Waals surface area (Å²) in [6.07, 6.45) is 3.93. The van der Waals surface area contributed by atoms with E-state index in [-0.39, 0.29) is 5.91 Å². The van der Waals surface area contributed by atoms with Crippen molar-refractivity contribution in [2.24, 2.45) is 0 Å². The largest absolute Gasteiger partial charge is 0.370 e. The molecule has 0 fully saturated rings. The summed E-state index contributed by atoms with van der Waals surface area (Å²) in [5.41, 5.74) is 4.98. The van der Waals surface area contributed by atoms with Crippen molar-refractivity contribution in [1.82, 2.24) is 24.9 Å². The number of rotatable bonds is 6. The molecule has 0 unspecified atom stereocenters. The molecule has 0 spiro atoms. The molecule has 0 N–H and O–H groups in total. The van der Waals surface area contributed by atoms with Gasteiger partial charge in [0.1, 0.15) is 5.69 Å². The zero-order valence-corrected chi connectivity index (χ0v) is 15.9. The zero-order chi connectivity index (χ0) is 19.3. The Kier molecular flexibility index (Phi) is 5.43. The van der Waals surface area contributed by atoms with Crippen LogP contribution in [0.4, 0.5) is 0 Å². The van der Waals surface area contributed by atoms with Crippen LogP contribution in [-0.2, 0) is 42.3 Å². The number of amides is 1. The van der Waals surface area contributed by atoms with Crippen LogP contribution < -0.4 is 0 Å². The first-order chi connectivity index (χ1) is 13.7. The maximum Gasteiger partial charge on any atom is 0.227 e. The van der Waals surface area contributed by atoms with Crippen molar-refractivity contribution in [3.8, 4) is 0 Å². The Labute approximate surface area is 164 Å². The third-order valence-corrected chi connectivity index (χ3v) is 4.90. The molecule has 0 aliphatic carbocycles. The fraction of sp³-hybridized carbons (Fsp3) is 0.333. The summed E-state index contributed by atoms with van der Waals surface area (Å²) >= 11 is 0. The second-order valence-electron chi connectivity index (χ2n) is 7.04. The molecular formula is C21H23N5O2. The summed E-state index contributed by atoms with van der Waals surface area (Å²) in [6.45, 7) is 4.70. The average Bonchev–Trinajstić information content (AvgIpc) is 3.13. The molecule has 2 aromatic heterocycles. The van der Waals surface area contributed by atoms with Gasteiger partial charge in [-0.25, -0.2) is 4.68 Å². The number of aryl methyl sites for hydroxylation is 1. The molecule has 1 aromatic carbocycles. The van der Waals surface area contributed by atoms with Crippen molar-refractivity contribution in [3.63, 3.8) is 0 Å². The van der Waals surface area contributed by atoms with Crippen molar-refractivity contribution in [2.75, 3.05) is 6.54 Å². The molecule has 4 rings (SSSR count). The first-order valence-electron chi connectivity index (χ1n) is 9.40. The van der Waals surface area contributed by atoms with Gasteiger partial charge in [-0.2, -0.15) is 0 Å². The molecule has 144 valence electrons. The van der Waals surface area contributed by atoms with E-state index in [4.69, 9.17) is 4.74 Å². The average molecular weight is 377 g/mol. The minimum Gasteiger partial charge on any atom is -0.370 e. The number of fused-ring (bicyclic) bond motifs is 1. The van der Waals surface area contributed by atoms with Crippen LogP contribution in [0.2, 0.25) is 0 Å². The second-order valence-corrected chi connectivity index (χ2v) is 7.04. The molecule has 0 saturated heterocycles. The number of carbonyl (C=O) groups excluding carboxylic acids is 1. The van der Waals surface area contributed by atoms with Crippen molar-refractivity contribution in [1.29, 1.82) is 0 Å². The summed E-state index contributed by atoms with van der Waals surface area (Å²) in [5, 5.41) is 8.46. The summed E-state index contributed by atoms with van der Waals surface area (Å²) in [5.74, 6) is 0.124. The van der Waals surface area contributed by atoms with Gasteiger partial charge < -0.3 is 9.64 Å². The molecule has 3 heterocycles. The molecule has 7 nitrogen and oxygen atoms in total. The van der Waals surface area contributed by atoms with Gasteiger partial charge in [-0.15, -0.1) is 5.10 Å². The predicted molar refractivity (Wildman–Crippen MR) is 103 cm³/mol. The van der Waals surface area contributed by atoms with Crippen LogP contribution in [-0.4, -0.2) is 37.3 Å². The highest BCUT2D eigenvalue weighted by Gasteiger charge is 2.25. The van der Waals surface area contributed by atoms with E-state index in [1.807, 2.05) is 52.9 Å². The standard InChI is InChI=1S/C21H23N5O2/c1-16-4-6-17(7-5-16)11-21(27)25-9-10-26-20(13-25)19(23-24-26)15-28-14-18-3-2-8-22-12-18/h2-8,12H,9-11,13-15H2,1H3. The number of aromatic nitrogens is 4. The Morgan fingerprint density at radius 3 is 2.75 bits per heavy atom. The van der Waals surface area contributed by atoms with Gasteiger partial charge in [0.15, 0.2) is 0 Å². The lowest BCUT2D eigenvalue weighted by atomic mass is 10.1. The van der Waals surface area contributed by atoms with Gasteiger partial charge in [0, 0.05) is 18.9 Å². The normalized spacial score (nSPS) is 13.4. The lowest BCUT2D eigenvalue weighted by Gasteiger charge is -2.28. The number of nitrogens with zero attached hydrogens (tertiary/aromatic N) is 5. The number of hydrogen-bond donors (Lipinski definition) is 0. The van der Waals surface area contributed by atoms with Crippen molar-refractivity contribution >= 4 is 5.91 Å². The van der Waals surface area contributed by atoms with Crippen LogP contribution in [0.5, 0.6) is 0 Å². The zero-order valence-electron chi connectivity index (χ0n) is 15.9. The number of pyridine rings is 1. The number of carbonyl (C=O) groups is 1. The van der Waals surface area contributed by atoms with Crippen molar-refractivity contribution in [3.05, 3.63) is 76.9 Å². The van der Waals surface area contributed by atoms with Gasteiger partial charge in [0.2, 0.25) is 5.91 Å². The van der Waals surface area contributed by atoms with Gasteiger partial charge in [0.25, 0.3) is 0 Å². The quantitative estimate of drug-likeness (QED) is 0.659. The van der Waals surface area contributed by atoms with Crippen LogP contribution >= 0.6 is 0 Å². The molecule has 1 amide bonds. The molecule has 3 aromatic rings. The monoisotopic (exact) mass is 377 g/mol. The molecule has 0 radical (unpaired) electrons. The number of hydrogen-bond acceptors (Lipinski definition) is 5. The van der Waals surface area contributed by atoms with E-state index >= 15 is 0 Å². The smallest absolute Gasteiger partial charge is 0.227 e. The minimum absolute atomic E-state index is 0.124. The van der Waals surface area contributed by atoms with Crippen LogP contribution in [0.15, 0.2) is 48.8 Å². The molecule has 0 bridgehead atoms. The Bertz CT molecular complexity index is 937. The highest BCUT2D eigenvalue weighted by molar-refractivity contribution is 5.78. The van der Waals surface area contributed by atoms with Gasteiger partial charge in [-0.1, -0.05) is 41.1 Å². The first-order valence-corrected chi connectivity index (χ1v) is 9.40. The number of benzene rings is 1. The SMILES string of the molecule is Cc1ccc(CC(=O)N2CCn3nnc(COCc4cccnc4)c3C2)cc1. The van der Waals surface area contributed by atoms with Gasteiger partial charge in [-0.3, -0.25) is 9.78 Å². The van der Waals surface area contributed by atoms with E-state index < -0.39 is 0 Å².